The maximum atomic E-state index is 13.2. The van der Waals surface area contributed by atoms with Crippen molar-refractivity contribution in [2.45, 2.75) is 11.3 Å². The van der Waals surface area contributed by atoms with Crippen molar-refractivity contribution in [3.63, 3.8) is 0 Å². The van der Waals surface area contributed by atoms with Crippen LogP contribution in [0, 0.1) is 12.3 Å². The minimum Gasteiger partial charge on any atom is -0.244 e. The van der Waals surface area contributed by atoms with Crippen LogP contribution in [0.15, 0.2) is 76.5 Å². The fraction of sp³-hybridized carbons (Fsp3) is 0.111. The lowest BCUT2D eigenvalue weighted by Gasteiger charge is -2.09. The molecular formula is C18H17NOS. The molecule has 1 atom stereocenters. The molecule has 2 aromatic rings. The van der Waals surface area contributed by atoms with Gasteiger partial charge in [-0.25, -0.2) is 4.21 Å². The van der Waals surface area contributed by atoms with Crippen LogP contribution in [0.4, 0.5) is 5.69 Å². The number of hydrogen-bond donors (Lipinski definition) is 0. The van der Waals surface area contributed by atoms with Crippen LogP contribution in [0.1, 0.15) is 12.0 Å². The number of nitrogens with zero attached hydrogens (tertiary/aromatic N) is 1. The third-order valence-electron chi connectivity index (χ3n) is 2.98. The Hall–Kier alpha value is -2.31. The molecule has 0 fully saturated rings. The molecule has 0 saturated carbocycles. The lowest BCUT2D eigenvalue weighted by atomic mass is 10.2. The maximum absolute atomic E-state index is 13.2. The van der Waals surface area contributed by atoms with Crippen molar-refractivity contribution in [1.82, 2.24) is 0 Å². The summed E-state index contributed by atoms with van der Waals surface area (Å²) in [7, 11) is -2.52. The highest BCUT2D eigenvalue weighted by Crippen LogP contribution is 2.22. The van der Waals surface area contributed by atoms with E-state index >= 15 is 0 Å². The van der Waals surface area contributed by atoms with Crippen molar-refractivity contribution in [2.75, 3.05) is 5.75 Å². The summed E-state index contributed by atoms with van der Waals surface area (Å²) >= 11 is 0. The average Bonchev–Trinajstić information content (AvgIpc) is 2.54. The topological polar surface area (TPSA) is 29.4 Å². The molecule has 0 heterocycles. The molecule has 2 nitrogen and oxygen atoms in total. The maximum Gasteiger partial charge on any atom is 0.0803 e. The summed E-state index contributed by atoms with van der Waals surface area (Å²) in [5.74, 6) is 3.01. The normalized spacial score (nSPS) is 12.9. The van der Waals surface area contributed by atoms with Gasteiger partial charge in [0.05, 0.1) is 15.4 Å². The van der Waals surface area contributed by atoms with Crippen molar-refractivity contribution >= 4 is 15.4 Å². The zero-order valence-corrected chi connectivity index (χ0v) is 12.6. The highest BCUT2D eigenvalue weighted by Gasteiger charge is 2.12. The second-order valence-electron chi connectivity index (χ2n) is 4.52. The van der Waals surface area contributed by atoms with Gasteiger partial charge in [-0.2, -0.15) is 4.36 Å². The Bertz CT molecular complexity index is 778. The van der Waals surface area contributed by atoms with Gasteiger partial charge in [0.25, 0.3) is 0 Å². The number of terminal acetylenes is 1. The molecule has 0 amide bonds. The van der Waals surface area contributed by atoms with Crippen LogP contribution in [0.5, 0.6) is 0 Å². The minimum atomic E-state index is -2.52. The Labute approximate surface area is 126 Å². The number of benzene rings is 2. The van der Waals surface area contributed by atoms with Gasteiger partial charge >= 0.3 is 0 Å². The zero-order valence-electron chi connectivity index (χ0n) is 11.7. The smallest absolute Gasteiger partial charge is 0.0803 e. The lowest BCUT2D eigenvalue weighted by molar-refractivity contribution is 0.676. The molecule has 106 valence electrons. The molecular weight excluding hydrogens is 278 g/mol. The molecule has 2 aromatic carbocycles. The van der Waals surface area contributed by atoms with E-state index in [9.17, 15) is 4.21 Å². The van der Waals surface area contributed by atoms with E-state index in [0.717, 1.165) is 10.5 Å². The van der Waals surface area contributed by atoms with Gasteiger partial charge in [-0.3, -0.25) is 0 Å². The number of hydrogen-bond acceptors (Lipinski definition) is 2. The first-order chi connectivity index (χ1) is 10.2. The fourth-order valence-corrected chi connectivity index (χ4v) is 3.87. The second-order valence-corrected chi connectivity index (χ2v) is 6.86. The molecule has 3 heteroatoms. The van der Waals surface area contributed by atoms with E-state index in [1.165, 1.54) is 0 Å². The molecule has 21 heavy (non-hydrogen) atoms. The van der Waals surface area contributed by atoms with Crippen LogP contribution in [0.2, 0.25) is 0 Å². The summed E-state index contributed by atoms with van der Waals surface area (Å²) in [4.78, 5) is 0.734. The van der Waals surface area contributed by atoms with Crippen molar-refractivity contribution < 1.29 is 4.21 Å². The van der Waals surface area contributed by atoms with Crippen molar-refractivity contribution in [2.24, 2.45) is 4.36 Å². The van der Waals surface area contributed by atoms with Gasteiger partial charge in [0.1, 0.15) is 0 Å². The molecule has 0 aliphatic carbocycles. The summed E-state index contributed by atoms with van der Waals surface area (Å²) in [5.41, 5.74) is 1.37. The Balaban J connectivity index is 2.54. The largest absolute Gasteiger partial charge is 0.244 e. The van der Waals surface area contributed by atoms with Crippen LogP contribution in [-0.2, 0) is 9.73 Å². The van der Waals surface area contributed by atoms with Gasteiger partial charge in [-0.15, -0.1) is 13.0 Å². The van der Waals surface area contributed by atoms with E-state index < -0.39 is 9.73 Å². The van der Waals surface area contributed by atoms with Crippen LogP contribution in [0.25, 0.3) is 0 Å². The average molecular weight is 295 g/mol. The summed E-state index contributed by atoms with van der Waals surface area (Å²) in [6.45, 7) is 3.70. The van der Waals surface area contributed by atoms with Crippen molar-refractivity contribution in [1.29, 1.82) is 0 Å². The van der Waals surface area contributed by atoms with Gasteiger partial charge in [0.2, 0.25) is 0 Å². The molecule has 0 aliphatic heterocycles. The molecule has 0 spiro atoms. The van der Waals surface area contributed by atoms with E-state index in [1.807, 2.05) is 48.5 Å². The van der Waals surface area contributed by atoms with Gasteiger partial charge in [0, 0.05) is 16.2 Å². The molecule has 2 rings (SSSR count). The Morgan fingerprint density at radius 2 is 1.95 bits per heavy atom. The zero-order chi connectivity index (χ0) is 15.1. The van der Waals surface area contributed by atoms with Gasteiger partial charge < -0.3 is 0 Å². The standard InChI is InChI=1S/C18H17NOS/c1-3-5-14-21(20,18-12-7-6-8-13-18)19-17-11-9-10-16(4-2)15-17/h2-3,6-13,15H,1,5,14H2. The van der Waals surface area contributed by atoms with Crippen LogP contribution >= 0.6 is 0 Å². The van der Waals surface area contributed by atoms with Crippen LogP contribution in [0.3, 0.4) is 0 Å². The highest BCUT2D eigenvalue weighted by atomic mass is 32.2. The van der Waals surface area contributed by atoms with Gasteiger partial charge in [-0.05, 0) is 36.8 Å². The summed E-state index contributed by atoms with van der Waals surface area (Å²) in [6.07, 6.45) is 7.80. The first-order valence-electron chi connectivity index (χ1n) is 6.65. The van der Waals surface area contributed by atoms with Crippen LogP contribution in [-0.4, -0.2) is 9.96 Å². The quantitative estimate of drug-likeness (QED) is 0.593. The third kappa shape index (κ3) is 3.84. The van der Waals surface area contributed by atoms with Crippen LogP contribution < -0.4 is 0 Å². The van der Waals surface area contributed by atoms with E-state index in [-0.39, 0.29) is 0 Å². The number of rotatable bonds is 5. The molecule has 0 bridgehead atoms. The van der Waals surface area contributed by atoms with E-state index in [2.05, 4.69) is 16.9 Å². The lowest BCUT2D eigenvalue weighted by Crippen LogP contribution is -2.05. The molecule has 0 N–H and O–H groups in total. The second kappa shape index (κ2) is 6.92. The molecule has 1 unspecified atom stereocenters. The van der Waals surface area contributed by atoms with Crippen molar-refractivity contribution in [3.05, 3.63) is 72.8 Å². The third-order valence-corrected chi connectivity index (χ3v) is 5.28. The Morgan fingerprint density at radius 1 is 1.19 bits per heavy atom. The summed E-state index contributed by atoms with van der Waals surface area (Å²) in [6, 6.07) is 16.6. The predicted molar refractivity (Wildman–Crippen MR) is 89.0 cm³/mol. The molecule has 0 radical (unpaired) electrons. The first-order valence-corrected chi connectivity index (χ1v) is 8.34. The van der Waals surface area contributed by atoms with Crippen molar-refractivity contribution in [3.8, 4) is 12.3 Å². The number of allylic oxidation sites excluding steroid dienone is 1. The monoisotopic (exact) mass is 295 g/mol. The molecule has 0 aliphatic rings. The molecule has 0 aromatic heterocycles. The predicted octanol–water partition coefficient (Wildman–Crippen LogP) is 4.40. The summed E-state index contributed by atoms with van der Waals surface area (Å²) in [5, 5.41) is 0. The Kier molecular flexibility index (Phi) is 4.97. The van der Waals surface area contributed by atoms with E-state index in [1.54, 1.807) is 12.1 Å². The minimum absolute atomic E-state index is 0.445. The molecule has 0 saturated heterocycles. The first kappa shape index (κ1) is 15.1. The highest BCUT2D eigenvalue weighted by molar-refractivity contribution is 7.93. The van der Waals surface area contributed by atoms with E-state index in [4.69, 9.17) is 6.42 Å². The van der Waals surface area contributed by atoms with E-state index in [0.29, 0.717) is 17.9 Å². The SMILES string of the molecule is C#Cc1cccc(N=S(=O)(CCC=C)c2ccccc2)c1. The fourth-order valence-electron chi connectivity index (χ4n) is 1.92. The summed E-state index contributed by atoms with van der Waals surface area (Å²) < 4.78 is 17.7. The van der Waals surface area contributed by atoms with Gasteiger partial charge in [-0.1, -0.05) is 36.3 Å². The Morgan fingerprint density at radius 3 is 2.62 bits per heavy atom. The van der Waals surface area contributed by atoms with Gasteiger partial charge in [0.15, 0.2) is 0 Å².